The van der Waals surface area contributed by atoms with Crippen molar-refractivity contribution in [2.75, 3.05) is 6.54 Å². The molecule has 6 nitrogen and oxygen atoms in total. The molecule has 2 saturated carbocycles. The summed E-state index contributed by atoms with van der Waals surface area (Å²) in [5, 5.41) is 12.7. The molecule has 2 aliphatic carbocycles. The Morgan fingerprint density at radius 1 is 1.26 bits per heavy atom. The third-order valence-corrected chi connectivity index (χ3v) is 8.77. The van der Waals surface area contributed by atoms with Gasteiger partial charge in [-0.2, -0.15) is 13.2 Å². The second kappa shape index (κ2) is 9.65. The lowest BCUT2D eigenvalue weighted by atomic mass is 10.0. The highest BCUT2D eigenvalue weighted by atomic mass is 32.1. The van der Waals surface area contributed by atoms with Crippen molar-refractivity contribution in [1.29, 1.82) is 0 Å². The Morgan fingerprint density at radius 2 is 2.05 bits per heavy atom. The van der Waals surface area contributed by atoms with Gasteiger partial charge < -0.3 is 15.0 Å². The summed E-state index contributed by atoms with van der Waals surface area (Å²) in [5.41, 5.74) is 0.198. The molecule has 3 heterocycles. The lowest BCUT2D eigenvalue weighted by Crippen LogP contribution is -2.36. The maximum atomic E-state index is 13.3. The van der Waals surface area contributed by atoms with E-state index in [1.165, 1.54) is 23.8 Å². The van der Waals surface area contributed by atoms with Gasteiger partial charge in [0.1, 0.15) is 5.82 Å². The van der Waals surface area contributed by atoms with Crippen LogP contribution in [0.3, 0.4) is 0 Å². The topological polar surface area (TPSA) is 86.3 Å². The third kappa shape index (κ3) is 5.13. The van der Waals surface area contributed by atoms with Crippen molar-refractivity contribution in [2.45, 2.75) is 62.8 Å². The average molecular weight is 554 g/mol. The highest BCUT2D eigenvalue weighted by Gasteiger charge is 2.50. The number of carbonyl (C=O) groups excluding carboxylic acids is 1. The summed E-state index contributed by atoms with van der Waals surface area (Å²) >= 11 is 1.63. The molecule has 0 radical (unpaired) electrons. The number of thiophene rings is 1. The predicted molar refractivity (Wildman–Crippen MR) is 139 cm³/mol. The molecule has 1 aliphatic heterocycles. The fraction of sp³-hybridized carbons (Fsp3) is 0.414. The summed E-state index contributed by atoms with van der Waals surface area (Å²) in [7, 11) is 0. The number of aliphatic hydroxyl groups is 1. The molecule has 6 rings (SSSR count). The van der Waals surface area contributed by atoms with E-state index < -0.39 is 23.8 Å². The number of halogens is 3. The van der Waals surface area contributed by atoms with Crippen molar-refractivity contribution < 1.29 is 23.1 Å². The lowest BCUT2D eigenvalue weighted by molar-refractivity contribution is -0.142. The molecule has 3 aromatic rings. The summed E-state index contributed by atoms with van der Waals surface area (Å²) < 4.78 is 39.4. The largest absolute Gasteiger partial charge is 0.416 e. The highest BCUT2D eigenvalue weighted by Crippen LogP contribution is 2.54. The van der Waals surface area contributed by atoms with Crippen LogP contribution in [0.4, 0.5) is 13.2 Å². The number of aliphatic hydroxyl groups excluding tert-OH is 1. The highest BCUT2D eigenvalue weighted by molar-refractivity contribution is 7.10. The first-order valence-corrected chi connectivity index (χ1v) is 13.9. The molecule has 0 spiro atoms. The number of hydrogen-bond acceptors (Lipinski definition) is 5. The lowest BCUT2D eigenvalue weighted by Gasteiger charge is -2.24. The average Bonchev–Trinajstić information content (AvgIpc) is 3.84. The zero-order chi connectivity index (χ0) is 27.4. The molecule has 10 heteroatoms. The van der Waals surface area contributed by atoms with Crippen LogP contribution in [0.2, 0.25) is 0 Å². The first kappa shape index (κ1) is 25.8. The molecule has 2 N–H and O–H groups in total. The van der Waals surface area contributed by atoms with E-state index in [0.717, 1.165) is 41.5 Å². The number of carbonyl (C=O) groups is 1. The van der Waals surface area contributed by atoms with Gasteiger partial charge in [0.2, 0.25) is 0 Å². The second-order valence-electron chi connectivity index (χ2n) is 10.6. The van der Waals surface area contributed by atoms with E-state index in [9.17, 15) is 27.9 Å². The molecular weight excluding hydrogens is 527 g/mol. The molecule has 3 aliphatic rings. The van der Waals surface area contributed by atoms with E-state index in [-0.39, 0.29) is 29.6 Å². The minimum absolute atomic E-state index is 0.0697. The zero-order valence-corrected chi connectivity index (χ0v) is 21.8. The van der Waals surface area contributed by atoms with E-state index in [1.54, 1.807) is 11.3 Å². The smallest absolute Gasteiger partial charge is 0.378 e. The normalized spacial score (nSPS) is 18.9. The maximum absolute atomic E-state index is 13.3. The van der Waals surface area contributed by atoms with Crippen molar-refractivity contribution in [1.82, 2.24) is 14.9 Å². The van der Waals surface area contributed by atoms with Crippen LogP contribution in [-0.2, 0) is 29.4 Å². The van der Waals surface area contributed by atoms with Crippen LogP contribution >= 0.6 is 11.3 Å². The molecule has 1 amide bonds. The van der Waals surface area contributed by atoms with Crippen LogP contribution in [0.1, 0.15) is 76.9 Å². The molecule has 0 bridgehead atoms. The van der Waals surface area contributed by atoms with Gasteiger partial charge in [-0.15, -0.1) is 11.3 Å². The second-order valence-corrected chi connectivity index (χ2v) is 11.5. The molecule has 2 aromatic heterocycles. The molecule has 0 unspecified atom stereocenters. The van der Waals surface area contributed by atoms with Crippen LogP contribution in [0.15, 0.2) is 40.5 Å². The fourth-order valence-corrected chi connectivity index (χ4v) is 6.13. The number of fused-ring (bicyclic) bond motifs is 1. The summed E-state index contributed by atoms with van der Waals surface area (Å²) in [4.78, 5) is 36.6. The van der Waals surface area contributed by atoms with Gasteiger partial charge in [-0.05, 0) is 62.3 Å². The van der Waals surface area contributed by atoms with Crippen molar-refractivity contribution in [3.05, 3.63) is 84.7 Å². The molecule has 1 atom stereocenters. The van der Waals surface area contributed by atoms with Gasteiger partial charge in [-0.25, -0.2) is 4.98 Å². The number of amides is 1. The van der Waals surface area contributed by atoms with Crippen LogP contribution in [0.25, 0.3) is 0 Å². The SMILES string of the molecule is O=C([C@H](O)c1cccc(C(F)(F)F)c1)N1CCCc2nc(C3(c4cc(C#CC5CC5)cs4)CC3)[nH]c(=O)c2C1. The molecule has 202 valence electrons. The monoisotopic (exact) mass is 553 g/mol. The number of aromatic amines is 1. The van der Waals surface area contributed by atoms with Gasteiger partial charge >= 0.3 is 6.18 Å². The minimum Gasteiger partial charge on any atom is -0.378 e. The number of alkyl halides is 3. The Kier molecular flexibility index (Phi) is 6.39. The molecule has 39 heavy (non-hydrogen) atoms. The summed E-state index contributed by atoms with van der Waals surface area (Å²) in [6.45, 7) is 0.179. The predicted octanol–water partition coefficient (Wildman–Crippen LogP) is 4.70. The number of aryl methyl sites for hydroxylation is 1. The van der Waals surface area contributed by atoms with Crippen LogP contribution in [-0.4, -0.2) is 32.4 Å². The number of benzene rings is 1. The van der Waals surface area contributed by atoms with Crippen molar-refractivity contribution >= 4 is 17.2 Å². The number of H-pyrrole nitrogens is 1. The van der Waals surface area contributed by atoms with Gasteiger partial charge in [0, 0.05) is 28.3 Å². The van der Waals surface area contributed by atoms with E-state index in [1.807, 2.05) is 5.38 Å². The number of rotatable bonds is 4. The first-order valence-electron chi connectivity index (χ1n) is 13.0. The standard InChI is InChI=1S/C29H26F3N3O3S/c30-29(31,32)20-4-1-3-19(14-20)24(36)26(38)35-12-2-5-22-21(15-35)25(37)34-27(33-22)28(10-11-28)23-13-18(16-39-23)9-8-17-6-7-17/h1,3-4,13-14,16-17,24,36H,2,5-7,10-12,15H2,(H,33,34,37)/t24-/m1/s1. The van der Waals surface area contributed by atoms with Gasteiger partial charge in [0.05, 0.1) is 28.8 Å². The van der Waals surface area contributed by atoms with Gasteiger partial charge in [0.15, 0.2) is 6.10 Å². The molecule has 2 fully saturated rings. The first-order chi connectivity index (χ1) is 18.6. The molecule has 0 saturated heterocycles. The summed E-state index contributed by atoms with van der Waals surface area (Å²) in [6, 6.07) is 6.20. The van der Waals surface area contributed by atoms with Crippen LogP contribution in [0, 0.1) is 17.8 Å². The maximum Gasteiger partial charge on any atom is 0.416 e. The Labute approximate surface area is 226 Å². The number of nitrogens with zero attached hydrogens (tertiary/aromatic N) is 2. The Hall–Kier alpha value is -3.42. The van der Waals surface area contributed by atoms with Gasteiger partial charge in [0.25, 0.3) is 11.5 Å². The van der Waals surface area contributed by atoms with Crippen molar-refractivity contribution in [3.63, 3.8) is 0 Å². The Bertz CT molecular complexity index is 1560. The van der Waals surface area contributed by atoms with Crippen molar-refractivity contribution in [2.24, 2.45) is 5.92 Å². The van der Waals surface area contributed by atoms with E-state index in [0.29, 0.717) is 35.8 Å². The van der Waals surface area contributed by atoms with Gasteiger partial charge in [-0.3, -0.25) is 9.59 Å². The van der Waals surface area contributed by atoms with Gasteiger partial charge in [-0.1, -0.05) is 24.0 Å². The van der Waals surface area contributed by atoms with Crippen molar-refractivity contribution in [3.8, 4) is 11.8 Å². The molecular formula is C29H26F3N3O3S. The summed E-state index contributed by atoms with van der Waals surface area (Å²) in [5.74, 6) is 6.92. The quantitative estimate of drug-likeness (QED) is 0.459. The Morgan fingerprint density at radius 3 is 2.77 bits per heavy atom. The number of nitrogens with one attached hydrogen (secondary N) is 1. The van der Waals surface area contributed by atoms with E-state index in [4.69, 9.17) is 4.98 Å². The third-order valence-electron chi connectivity index (χ3n) is 7.64. The number of hydrogen-bond donors (Lipinski definition) is 2. The summed E-state index contributed by atoms with van der Waals surface area (Å²) in [6.07, 6.45) is -1.29. The van der Waals surface area contributed by atoms with E-state index in [2.05, 4.69) is 22.9 Å². The molecule has 1 aromatic carbocycles. The minimum atomic E-state index is -4.59. The number of aromatic nitrogens is 2. The fourth-order valence-electron chi connectivity index (χ4n) is 5.03. The van der Waals surface area contributed by atoms with E-state index >= 15 is 0 Å². The van der Waals surface area contributed by atoms with Crippen LogP contribution in [0.5, 0.6) is 0 Å². The Balaban J connectivity index is 1.23. The van der Waals surface area contributed by atoms with Crippen LogP contribution < -0.4 is 5.56 Å². The zero-order valence-electron chi connectivity index (χ0n) is 21.0.